The van der Waals surface area contributed by atoms with Crippen LogP contribution >= 0.6 is 0 Å². The fourth-order valence-corrected chi connectivity index (χ4v) is 4.98. The average molecular weight is 438 g/mol. The number of urea groups is 1. The minimum Gasteiger partial charge on any atom is -0.423 e. The molecule has 9 nitrogen and oxygen atoms in total. The quantitative estimate of drug-likeness (QED) is 0.474. The lowest BCUT2D eigenvalue weighted by Crippen LogP contribution is -2.47. The minimum absolute atomic E-state index is 0.0827. The zero-order valence-corrected chi connectivity index (χ0v) is 19.9. The maximum atomic E-state index is 12.2. The molecule has 3 heterocycles. The van der Waals surface area contributed by atoms with Crippen LogP contribution in [0.2, 0.25) is 18.1 Å². The molecular formula is C20H35N5O4Si. The first-order valence-corrected chi connectivity index (χ1v) is 13.5. The van der Waals surface area contributed by atoms with E-state index < -0.39 is 14.3 Å². The summed E-state index contributed by atoms with van der Waals surface area (Å²) in [5.74, 6) is 0.915. The molecule has 0 saturated carbocycles. The molecule has 2 amide bonds. The third kappa shape index (κ3) is 4.70. The molecule has 2 aliphatic rings. The SMILES string of the molecule is C=C(C)NCC(Cc1nnc([C@@H]2CC[C@@H]3CN2C(=O)N3O)o1)O[Si](C)(C)C(C)(C)C. The summed E-state index contributed by atoms with van der Waals surface area (Å²) < 4.78 is 12.6. The zero-order chi connectivity index (χ0) is 22.3. The number of rotatable bonds is 8. The van der Waals surface area contributed by atoms with Crippen LogP contribution in [0.25, 0.3) is 0 Å². The van der Waals surface area contributed by atoms with Gasteiger partial charge in [-0.1, -0.05) is 27.4 Å². The van der Waals surface area contributed by atoms with Crippen LogP contribution in [0, 0.1) is 0 Å². The highest BCUT2D eigenvalue weighted by molar-refractivity contribution is 6.74. The number of carbonyl (C=O) groups is 1. The number of fused-ring (bicyclic) bond motifs is 2. The Morgan fingerprint density at radius 1 is 1.40 bits per heavy atom. The standard InChI is InChI=1S/C20H35N5O4Si/c1-13(2)21-11-15(29-30(6,7)20(3,4)5)10-17-22-23-18(28-17)16-9-8-14-12-24(16)19(26)25(14)27/h14-16,21,27H,1,8-12H2,2-7H3/t14-,15?,16+/m1/s1. The van der Waals surface area contributed by atoms with E-state index in [1.54, 1.807) is 4.90 Å². The van der Waals surface area contributed by atoms with E-state index in [4.69, 9.17) is 8.84 Å². The van der Waals surface area contributed by atoms with Crippen LogP contribution in [0.5, 0.6) is 0 Å². The number of carbonyl (C=O) groups excluding carboxylic acids is 1. The third-order valence-corrected chi connectivity index (χ3v) is 10.9. The number of piperidine rings is 1. The third-order valence-electron chi connectivity index (χ3n) is 6.41. The van der Waals surface area contributed by atoms with Gasteiger partial charge in [-0.2, -0.15) is 0 Å². The van der Waals surface area contributed by atoms with Crippen molar-refractivity contribution < 1.29 is 18.8 Å². The lowest BCUT2D eigenvalue weighted by molar-refractivity contribution is -0.0584. The lowest BCUT2D eigenvalue weighted by atomic mass is 10.0. The summed E-state index contributed by atoms with van der Waals surface area (Å²) in [6.45, 7) is 18.0. The Morgan fingerprint density at radius 3 is 2.73 bits per heavy atom. The van der Waals surface area contributed by atoms with E-state index in [9.17, 15) is 10.0 Å². The summed E-state index contributed by atoms with van der Waals surface area (Å²) in [5.41, 5.74) is 0.878. The number of hydrogen-bond donors (Lipinski definition) is 2. The molecule has 2 aliphatic heterocycles. The molecule has 30 heavy (non-hydrogen) atoms. The monoisotopic (exact) mass is 437 g/mol. The van der Waals surface area contributed by atoms with E-state index >= 15 is 0 Å². The largest absolute Gasteiger partial charge is 0.423 e. The topological polar surface area (TPSA) is 104 Å². The average Bonchev–Trinajstić information content (AvgIpc) is 3.18. The summed E-state index contributed by atoms with van der Waals surface area (Å²) in [5, 5.41) is 22.5. The molecular weight excluding hydrogens is 402 g/mol. The molecule has 10 heteroatoms. The Bertz CT molecular complexity index is 790. The summed E-state index contributed by atoms with van der Waals surface area (Å²) >= 11 is 0. The first-order valence-electron chi connectivity index (χ1n) is 10.6. The summed E-state index contributed by atoms with van der Waals surface area (Å²) in [6.07, 6.45) is 1.75. The second-order valence-electron chi connectivity index (χ2n) is 9.93. The first-order chi connectivity index (χ1) is 13.9. The maximum Gasteiger partial charge on any atom is 0.344 e. The lowest BCUT2D eigenvalue weighted by Gasteiger charge is -2.39. The molecule has 168 valence electrons. The Hall–Kier alpha value is -1.91. The first kappa shape index (κ1) is 22.8. The predicted molar refractivity (Wildman–Crippen MR) is 114 cm³/mol. The van der Waals surface area contributed by atoms with E-state index in [1.807, 2.05) is 6.92 Å². The van der Waals surface area contributed by atoms with E-state index in [-0.39, 0.29) is 23.2 Å². The van der Waals surface area contributed by atoms with Crippen molar-refractivity contribution in [2.24, 2.45) is 0 Å². The van der Waals surface area contributed by atoms with Crippen molar-refractivity contribution >= 4 is 14.3 Å². The molecule has 0 radical (unpaired) electrons. The van der Waals surface area contributed by atoms with Crippen molar-refractivity contribution in [1.29, 1.82) is 0 Å². The van der Waals surface area contributed by atoms with Gasteiger partial charge in [0.1, 0.15) is 6.04 Å². The van der Waals surface area contributed by atoms with E-state index in [2.05, 4.69) is 56.0 Å². The fraction of sp³-hybridized carbons (Fsp3) is 0.750. The highest BCUT2D eigenvalue weighted by atomic mass is 28.4. The number of nitrogens with zero attached hydrogens (tertiary/aromatic N) is 4. The molecule has 0 aromatic carbocycles. The summed E-state index contributed by atoms with van der Waals surface area (Å²) in [6, 6.07) is -0.834. The van der Waals surface area contributed by atoms with Crippen LogP contribution in [0.4, 0.5) is 4.79 Å². The van der Waals surface area contributed by atoms with Crippen molar-refractivity contribution in [3.05, 3.63) is 24.1 Å². The normalized spacial score (nSPS) is 23.1. The highest BCUT2D eigenvalue weighted by Gasteiger charge is 2.46. The number of hydroxylamine groups is 2. The van der Waals surface area contributed by atoms with E-state index in [0.717, 1.165) is 10.8 Å². The van der Waals surface area contributed by atoms with Gasteiger partial charge in [-0.05, 0) is 37.9 Å². The zero-order valence-electron chi connectivity index (χ0n) is 18.9. The summed E-state index contributed by atoms with van der Waals surface area (Å²) in [7, 11) is -1.99. The second-order valence-corrected chi connectivity index (χ2v) is 14.7. The van der Waals surface area contributed by atoms with Gasteiger partial charge in [-0.25, -0.2) is 9.86 Å². The Morgan fingerprint density at radius 2 is 2.10 bits per heavy atom. The minimum atomic E-state index is -1.99. The van der Waals surface area contributed by atoms with Crippen molar-refractivity contribution in [2.75, 3.05) is 13.1 Å². The Balaban J connectivity index is 1.72. The fourth-order valence-electron chi connectivity index (χ4n) is 3.62. The molecule has 1 unspecified atom stereocenters. The van der Waals surface area contributed by atoms with Crippen molar-refractivity contribution in [2.45, 2.75) is 83.3 Å². The van der Waals surface area contributed by atoms with Gasteiger partial charge < -0.3 is 19.1 Å². The number of allylic oxidation sites excluding steroid dienone is 1. The maximum absolute atomic E-state index is 12.2. The van der Waals surface area contributed by atoms with Crippen LogP contribution in [0.15, 0.2) is 16.7 Å². The van der Waals surface area contributed by atoms with Gasteiger partial charge in [0.15, 0.2) is 8.32 Å². The number of amides is 2. The van der Waals surface area contributed by atoms with Gasteiger partial charge in [0.05, 0.1) is 18.6 Å². The van der Waals surface area contributed by atoms with Crippen molar-refractivity contribution in [3.63, 3.8) is 0 Å². The number of hydrogen-bond acceptors (Lipinski definition) is 7. The number of nitrogens with one attached hydrogen (secondary N) is 1. The van der Waals surface area contributed by atoms with Crippen LogP contribution in [-0.4, -0.2) is 65.0 Å². The van der Waals surface area contributed by atoms with Gasteiger partial charge in [-0.15, -0.1) is 10.2 Å². The van der Waals surface area contributed by atoms with Crippen LogP contribution < -0.4 is 5.32 Å². The molecule has 0 spiro atoms. The van der Waals surface area contributed by atoms with Crippen LogP contribution in [-0.2, 0) is 10.8 Å². The van der Waals surface area contributed by atoms with Gasteiger partial charge in [0, 0.05) is 18.8 Å². The predicted octanol–water partition coefficient (Wildman–Crippen LogP) is 3.46. The van der Waals surface area contributed by atoms with Gasteiger partial charge in [-0.3, -0.25) is 5.21 Å². The summed E-state index contributed by atoms with van der Waals surface area (Å²) in [4.78, 5) is 13.8. The molecule has 3 rings (SSSR count). The van der Waals surface area contributed by atoms with Crippen LogP contribution in [0.3, 0.4) is 0 Å². The molecule has 2 N–H and O–H groups in total. The van der Waals surface area contributed by atoms with E-state index in [1.165, 1.54) is 0 Å². The molecule has 2 bridgehead atoms. The molecule has 2 saturated heterocycles. The molecule has 1 aromatic rings. The highest BCUT2D eigenvalue weighted by Crippen LogP contribution is 2.38. The Kier molecular flexibility index (Phi) is 6.31. The van der Waals surface area contributed by atoms with Gasteiger partial charge in [0.25, 0.3) is 0 Å². The Labute approximate surface area is 179 Å². The molecule has 2 fully saturated rings. The van der Waals surface area contributed by atoms with Gasteiger partial charge in [0.2, 0.25) is 11.8 Å². The number of aromatic nitrogens is 2. The molecule has 3 atom stereocenters. The van der Waals surface area contributed by atoms with Crippen molar-refractivity contribution in [3.8, 4) is 0 Å². The van der Waals surface area contributed by atoms with Gasteiger partial charge >= 0.3 is 6.03 Å². The molecule has 1 aromatic heterocycles. The second kappa shape index (κ2) is 8.31. The van der Waals surface area contributed by atoms with Crippen molar-refractivity contribution in [1.82, 2.24) is 25.5 Å². The van der Waals surface area contributed by atoms with E-state index in [0.29, 0.717) is 44.1 Å². The van der Waals surface area contributed by atoms with Crippen LogP contribution in [0.1, 0.15) is 58.4 Å². The smallest absolute Gasteiger partial charge is 0.344 e. The molecule has 0 aliphatic carbocycles.